The zero-order chi connectivity index (χ0) is 16.2. The van der Waals surface area contributed by atoms with Gasteiger partial charge in [0.25, 0.3) is 0 Å². The van der Waals surface area contributed by atoms with Crippen LogP contribution in [0.3, 0.4) is 0 Å². The topological polar surface area (TPSA) is 85.0 Å². The summed E-state index contributed by atoms with van der Waals surface area (Å²) in [5.41, 5.74) is 5.71. The van der Waals surface area contributed by atoms with Crippen LogP contribution in [0.1, 0.15) is 0 Å². The third kappa shape index (κ3) is 4.92. The first-order valence-electron chi connectivity index (χ1n) is 6.39. The monoisotopic (exact) mass is 383 g/mol. The Morgan fingerprint density at radius 3 is 2.64 bits per heavy atom. The van der Waals surface area contributed by atoms with Crippen molar-refractivity contribution in [1.29, 1.82) is 0 Å². The standard InChI is InChI=1S/C12H15Cl2N3O3S2/c13-10-2-1-9(7-11(10)14)22(18,19)20-16-12(15)8-17-3-5-21-6-4-17/h1-2,7H,3-6,8H2,(H2,15,16). The number of halogens is 2. The first-order chi connectivity index (χ1) is 10.4. The fourth-order valence-electron chi connectivity index (χ4n) is 1.79. The number of nitrogens with two attached hydrogens (primary N) is 1. The van der Waals surface area contributed by atoms with Crippen molar-refractivity contribution in [2.75, 3.05) is 31.1 Å². The molecule has 6 nitrogen and oxygen atoms in total. The summed E-state index contributed by atoms with van der Waals surface area (Å²) < 4.78 is 28.6. The van der Waals surface area contributed by atoms with E-state index < -0.39 is 10.1 Å². The van der Waals surface area contributed by atoms with Crippen molar-refractivity contribution in [3.63, 3.8) is 0 Å². The summed E-state index contributed by atoms with van der Waals surface area (Å²) in [5, 5.41) is 3.88. The van der Waals surface area contributed by atoms with Crippen LogP contribution in [0.25, 0.3) is 0 Å². The molecule has 1 aliphatic heterocycles. The van der Waals surface area contributed by atoms with Gasteiger partial charge in [-0.05, 0) is 18.2 Å². The lowest BCUT2D eigenvalue weighted by Gasteiger charge is -2.25. The maximum atomic E-state index is 12.0. The largest absolute Gasteiger partial charge is 0.383 e. The third-order valence-electron chi connectivity index (χ3n) is 2.92. The van der Waals surface area contributed by atoms with Crippen LogP contribution in [0.15, 0.2) is 28.3 Å². The van der Waals surface area contributed by atoms with E-state index in [0.29, 0.717) is 6.54 Å². The minimum Gasteiger partial charge on any atom is -0.383 e. The molecule has 0 amide bonds. The molecule has 0 unspecified atom stereocenters. The average molecular weight is 384 g/mol. The Hall–Kier alpha value is -0.670. The Bertz CT molecular complexity index is 662. The number of oxime groups is 1. The van der Waals surface area contributed by atoms with E-state index in [-0.39, 0.29) is 20.8 Å². The lowest BCUT2D eigenvalue weighted by molar-refractivity contribution is 0.319. The van der Waals surface area contributed by atoms with Gasteiger partial charge in [0, 0.05) is 24.6 Å². The lowest BCUT2D eigenvalue weighted by atomic mass is 10.4. The molecule has 2 N–H and O–H groups in total. The van der Waals surface area contributed by atoms with Gasteiger partial charge in [0.15, 0.2) is 5.84 Å². The highest BCUT2D eigenvalue weighted by Crippen LogP contribution is 2.25. The van der Waals surface area contributed by atoms with Crippen molar-refractivity contribution < 1.29 is 12.7 Å². The fraction of sp³-hybridized carbons (Fsp3) is 0.417. The Balaban J connectivity index is 2.01. The van der Waals surface area contributed by atoms with Crippen LogP contribution in [-0.2, 0) is 14.4 Å². The van der Waals surface area contributed by atoms with Crippen LogP contribution >= 0.6 is 35.0 Å². The van der Waals surface area contributed by atoms with Crippen molar-refractivity contribution >= 4 is 50.9 Å². The van der Waals surface area contributed by atoms with Crippen molar-refractivity contribution in [2.45, 2.75) is 4.90 Å². The van der Waals surface area contributed by atoms with E-state index in [4.69, 9.17) is 28.9 Å². The van der Waals surface area contributed by atoms with E-state index in [1.165, 1.54) is 18.2 Å². The van der Waals surface area contributed by atoms with Gasteiger partial charge in [0.1, 0.15) is 4.90 Å². The van der Waals surface area contributed by atoms with Crippen molar-refractivity contribution in [1.82, 2.24) is 4.90 Å². The number of hydrogen-bond donors (Lipinski definition) is 1. The second-order valence-corrected chi connectivity index (χ2v) is 8.14. The molecule has 1 fully saturated rings. The van der Waals surface area contributed by atoms with Crippen molar-refractivity contribution in [3.05, 3.63) is 28.2 Å². The van der Waals surface area contributed by atoms with Crippen molar-refractivity contribution in [2.24, 2.45) is 10.9 Å². The quantitative estimate of drug-likeness (QED) is 0.475. The minimum absolute atomic E-state index is 0.107. The Labute approximate surface area is 143 Å². The van der Waals surface area contributed by atoms with Gasteiger partial charge in [-0.25, -0.2) is 0 Å². The molecule has 0 spiro atoms. The average Bonchev–Trinajstić information content (AvgIpc) is 2.49. The highest BCUT2D eigenvalue weighted by atomic mass is 35.5. The first-order valence-corrected chi connectivity index (χ1v) is 9.71. The summed E-state index contributed by atoms with van der Waals surface area (Å²) in [5.74, 6) is 2.15. The van der Waals surface area contributed by atoms with E-state index in [0.717, 1.165) is 24.6 Å². The zero-order valence-electron chi connectivity index (χ0n) is 11.5. The Kier molecular flexibility index (Phi) is 6.22. The maximum absolute atomic E-state index is 12.0. The van der Waals surface area contributed by atoms with Crippen LogP contribution < -0.4 is 5.73 Å². The van der Waals surface area contributed by atoms with Crippen LogP contribution in [0.5, 0.6) is 0 Å². The number of rotatable bonds is 5. The third-order valence-corrected chi connectivity index (χ3v) is 5.71. The van der Waals surface area contributed by atoms with Crippen LogP contribution in [-0.4, -0.2) is 50.3 Å². The predicted molar refractivity (Wildman–Crippen MR) is 90.1 cm³/mol. The summed E-state index contributed by atoms with van der Waals surface area (Å²) >= 11 is 13.4. The molecule has 1 aromatic rings. The van der Waals surface area contributed by atoms with Gasteiger partial charge in [-0.2, -0.15) is 20.2 Å². The van der Waals surface area contributed by atoms with E-state index in [2.05, 4.69) is 14.3 Å². The van der Waals surface area contributed by atoms with Gasteiger partial charge in [0.2, 0.25) is 0 Å². The highest BCUT2D eigenvalue weighted by molar-refractivity contribution is 7.99. The van der Waals surface area contributed by atoms with Crippen LogP contribution in [0, 0.1) is 0 Å². The first kappa shape index (κ1) is 17.7. The molecule has 2 rings (SSSR count). The number of benzene rings is 1. The molecule has 0 aromatic heterocycles. The molecule has 0 aliphatic carbocycles. The molecule has 0 atom stereocenters. The van der Waals surface area contributed by atoms with Gasteiger partial charge in [-0.3, -0.25) is 9.18 Å². The van der Waals surface area contributed by atoms with Crippen LogP contribution in [0.2, 0.25) is 10.0 Å². The molecule has 1 aliphatic rings. The normalized spacial score (nSPS) is 17.5. The summed E-state index contributed by atoms with van der Waals surface area (Å²) in [4.78, 5) is 1.96. The van der Waals surface area contributed by atoms with Gasteiger partial charge in [-0.15, -0.1) is 0 Å². The Morgan fingerprint density at radius 2 is 2.00 bits per heavy atom. The molecular formula is C12H15Cl2N3O3S2. The highest BCUT2D eigenvalue weighted by Gasteiger charge is 2.18. The molecule has 22 heavy (non-hydrogen) atoms. The van der Waals surface area contributed by atoms with Crippen LogP contribution in [0.4, 0.5) is 0 Å². The second-order valence-electron chi connectivity index (χ2n) is 4.58. The molecular weight excluding hydrogens is 369 g/mol. The summed E-state index contributed by atoms with van der Waals surface area (Å²) in [6.07, 6.45) is 0. The van der Waals surface area contributed by atoms with E-state index in [1.807, 2.05) is 11.8 Å². The number of amidine groups is 1. The summed E-state index contributed by atoms with van der Waals surface area (Å²) in [7, 11) is -4.07. The number of nitrogens with zero attached hydrogens (tertiary/aromatic N) is 2. The molecule has 1 aromatic carbocycles. The second kappa shape index (κ2) is 7.74. The van der Waals surface area contributed by atoms with E-state index >= 15 is 0 Å². The summed E-state index contributed by atoms with van der Waals surface area (Å²) in [6.45, 7) is 2.15. The number of thioether (sulfide) groups is 1. The van der Waals surface area contributed by atoms with Gasteiger partial charge < -0.3 is 5.73 Å². The van der Waals surface area contributed by atoms with Gasteiger partial charge >= 0.3 is 10.1 Å². The molecule has 1 saturated heterocycles. The van der Waals surface area contributed by atoms with Crippen molar-refractivity contribution in [3.8, 4) is 0 Å². The predicted octanol–water partition coefficient (Wildman–Crippen LogP) is 2.02. The minimum atomic E-state index is -4.07. The number of hydrogen-bond acceptors (Lipinski definition) is 6. The van der Waals surface area contributed by atoms with E-state index in [9.17, 15) is 8.42 Å². The van der Waals surface area contributed by atoms with E-state index in [1.54, 1.807) is 0 Å². The fourth-order valence-corrected chi connectivity index (χ4v) is 3.91. The smallest absolute Gasteiger partial charge is 0.358 e. The SMILES string of the molecule is N/C(CN1CCSCC1)=N\OS(=O)(=O)c1ccc(Cl)c(Cl)c1. The molecule has 10 heteroatoms. The molecule has 0 saturated carbocycles. The lowest BCUT2D eigenvalue weighted by Crippen LogP contribution is -2.39. The molecule has 1 heterocycles. The van der Waals surface area contributed by atoms with Gasteiger partial charge in [0.05, 0.1) is 16.6 Å². The molecule has 0 bridgehead atoms. The summed E-state index contributed by atoms with van der Waals surface area (Å²) in [6, 6.07) is 3.86. The zero-order valence-corrected chi connectivity index (χ0v) is 14.7. The molecule has 0 radical (unpaired) electrons. The van der Waals surface area contributed by atoms with Gasteiger partial charge in [-0.1, -0.05) is 28.4 Å². The Morgan fingerprint density at radius 1 is 1.32 bits per heavy atom. The maximum Gasteiger partial charge on any atom is 0.358 e. The molecule has 122 valence electrons.